The normalized spacial score (nSPS) is 10.7. The minimum absolute atomic E-state index is 0.112. The molecule has 2 aromatic heterocycles. The molecule has 0 aliphatic heterocycles. The van der Waals surface area contributed by atoms with Gasteiger partial charge in [-0.05, 0) is 31.2 Å². The van der Waals surface area contributed by atoms with Gasteiger partial charge in [0, 0.05) is 17.3 Å². The van der Waals surface area contributed by atoms with Gasteiger partial charge in [-0.2, -0.15) is 0 Å². The van der Waals surface area contributed by atoms with Crippen LogP contribution < -0.4 is 0 Å². The lowest BCUT2D eigenvalue weighted by Crippen LogP contribution is -2.05. The summed E-state index contributed by atoms with van der Waals surface area (Å²) in [5.74, 6) is 0.220. The fourth-order valence-corrected chi connectivity index (χ4v) is 1.92. The third-order valence-electron chi connectivity index (χ3n) is 2.97. The van der Waals surface area contributed by atoms with Crippen LogP contribution in [0.1, 0.15) is 21.8 Å². The Morgan fingerprint density at radius 1 is 1.25 bits per heavy atom. The van der Waals surface area contributed by atoms with Crippen molar-refractivity contribution in [1.82, 2.24) is 4.98 Å². The van der Waals surface area contributed by atoms with Gasteiger partial charge < -0.3 is 9.15 Å². The molecule has 0 saturated heterocycles. The number of carbonyl (C=O) groups excluding carboxylic acids is 1. The van der Waals surface area contributed by atoms with Gasteiger partial charge in [-0.1, -0.05) is 18.2 Å². The number of carbonyl (C=O) groups is 1. The average molecular weight is 267 g/mol. The molecule has 4 nitrogen and oxygen atoms in total. The first-order valence-electron chi connectivity index (χ1n) is 6.29. The molecule has 0 radical (unpaired) electrons. The average Bonchev–Trinajstić information content (AvgIpc) is 2.88. The van der Waals surface area contributed by atoms with E-state index >= 15 is 0 Å². The predicted octanol–water partition coefficient (Wildman–Crippen LogP) is 3.49. The van der Waals surface area contributed by atoms with Gasteiger partial charge in [0.2, 0.25) is 0 Å². The summed E-state index contributed by atoms with van der Waals surface area (Å²) >= 11 is 0. The van der Waals surface area contributed by atoms with Crippen LogP contribution >= 0.6 is 0 Å². The van der Waals surface area contributed by atoms with Gasteiger partial charge in [-0.3, -0.25) is 4.98 Å². The molecule has 100 valence electrons. The number of furan rings is 1. The molecule has 2 heterocycles. The highest BCUT2D eigenvalue weighted by Crippen LogP contribution is 2.19. The van der Waals surface area contributed by atoms with Gasteiger partial charge in [0.05, 0.1) is 5.56 Å². The topological polar surface area (TPSA) is 52.3 Å². The molecule has 0 fully saturated rings. The van der Waals surface area contributed by atoms with Crippen LogP contribution in [0.2, 0.25) is 0 Å². The summed E-state index contributed by atoms with van der Waals surface area (Å²) in [6.07, 6.45) is 1.51. The number of fused-ring (bicyclic) bond motifs is 1. The number of hydrogen-bond acceptors (Lipinski definition) is 4. The van der Waals surface area contributed by atoms with Crippen molar-refractivity contribution in [2.24, 2.45) is 0 Å². The second kappa shape index (κ2) is 5.17. The molecule has 0 aliphatic rings. The largest absolute Gasteiger partial charge is 0.457 e. The SMILES string of the molecule is Cc1ccc(C(=O)OCc2cc3ccccc3o2)cn1. The second-order valence-electron chi connectivity index (χ2n) is 4.51. The number of pyridine rings is 1. The van der Waals surface area contributed by atoms with Gasteiger partial charge in [0.25, 0.3) is 0 Å². The first-order chi connectivity index (χ1) is 9.72. The maximum Gasteiger partial charge on any atom is 0.340 e. The highest BCUT2D eigenvalue weighted by atomic mass is 16.5. The van der Waals surface area contributed by atoms with E-state index in [0.29, 0.717) is 11.3 Å². The Hall–Kier alpha value is -2.62. The number of ether oxygens (including phenoxy) is 1. The van der Waals surface area contributed by atoms with Crippen molar-refractivity contribution in [3.05, 3.63) is 65.7 Å². The Balaban J connectivity index is 1.69. The van der Waals surface area contributed by atoms with Crippen molar-refractivity contribution in [2.75, 3.05) is 0 Å². The summed E-state index contributed by atoms with van der Waals surface area (Å²) in [6.45, 7) is 1.98. The van der Waals surface area contributed by atoms with Gasteiger partial charge in [0.15, 0.2) is 0 Å². The van der Waals surface area contributed by atoms with Crippen molar-refractivity contribution in [3.8, 4) is 0 Å². The molecule has 0 bridgehead atoms. The standard InChI is InChI=1S/C16H13NO3/c1-11-6-7-13(9-17-11)16(18)19-10-14-8-12-4-2-3-5-15(12)20-14/h2-9H,10H2,1H3. The number of nitrogens with zero attached hydrogens (tertiary/aromatic N) is 1. The molecular weight excluding hydrogens is 254 g/mol. The molecule has 4 heteroatoms. The minimum Gasteiger partial charge on any atom is -0.457 e. The lowest BCUT2D eigenvalue weighted by molar-refractivity contribution is 0.0447. The fourth-order valence-electron chi connectivity index (χ4n) is 1.92. The van der Waals surface area contributed by atoms with Crippen LogP contribution in [0.5, 0.6) is 0 Å². The maximum absolute atomic E-state index is 11.8. The second-order valence-corrected chi connectivity index (χ2v) is 4.51. The molecule has 0 atom stereocenters. The molecule has 3 aromatic rings. The number of benzene rings is 1. The van der Waals surface area contributed by atoms with Crippen molar-refractivity contribution in [1.29, 1.82) is 0 Å². The van der Waals surface area contributed by atoms with Gasteiger partial charge in [0.1, 0.15) is 18.0 Å². The van der Waals surface area contributed by atoms with Crippen LogP contribution in [0.15, 0.2) is 53.1 Å². The van der Waals surface area contributed by atoms with E-state index in [1.807, 2.05) is 37.3 Å². The van der Waals surface area contributed by atoms with E-state index in [1.165, 1.54) is 6.20 Å². The summed E-state index contributed by atoms with van der Waals surface area (Å²) in [5.41, 5.74) is 2.08. The third-order valence-corrected chi connectivity index (χ3v) is 2.97. The Morgan fingerprint density at radius 3 is 2.85 bits per heavy atom. The molecule has 0 amide bonds. The molecule has 0 saturated carbocycles. The highest BCUT2D eigenvalue weighted by molar-refractivity contribution is 5.89. The number of aryl methyl sites for hydroxylation is 1. The van der Waals surface area contributed by atoms with Crippen LogP contribution in [-0.2, 0) is 11.3 Å². The lowest BCUT2D eigenvalue weighted by Gasteiger charge is -2.02. The van der Waals surface area contributed by atoms with Crippen LogP contribution in [-0.4, -0.2) is 11.0 Å². The number of para-hydroxylation sites is 1. The van der Waals surface area contributed by atoms with Crippen LogP contribution in [0.4, 0.5) is 0 Å². The van der Waals surface area contributed by atoms with Crippen molar-refractivity contribution < 1.29 is 13.9 Å². The van der Waals surface area contributed by atoms with E-state index in [-0.39, 0.29) is 6.61 Å². The van der Waals surface area contributed by atoms with E-state index < -0.39 is 5.97 Å². The zero-order valence-corrected chi connectivity index (χ0v) is 11.0. The molecule has 0 N–H and O–H groups in total. The van der Waals surface area contributed by atoms with Crippen LogP contribution in [0.25, 0.3) is 11.0 Å². The lowest BCUT2D eigenvalue weighted by atomic mass is 10.2. The minimum atomic E-state index is -0.405. The number of aromatic nitrogens is 1. The number of rotatable bonds is 3. The summed E-state index contributed by atoms with van der Waals surface area (Å²) in [6, 6.07) is 13.0. The van der Waals surface area contributed by atoms with E-state index in [1.54, 1.807) is 12.1 Å². The molecule has 0 aliphatic carbocycles. The summed E-state index contributed by atoms with van der Waals surface area (Å²) in [7, 11) is 0. The highest BCUT2D eigenvalue weighted by Gasteiger charge is 2.09. The van der Waals surface area contributed by atoms with Crippen molar-refractivity contribution in [3.63, 3.8) is 0 Å². The Bertz CT molecular complexity index is 711. The van der Waals surface area contributed by atoms with Crippen molar-refractivity contribution in [2.45, 2.75) is 13.5 Å². The molecule has 0 unspecified atom stereocenters. The Labute approximate surface area is 116 Å². The summed E-state index contributed by atoms with van der Waals surface area (Å²) < 4.78 is 10.8. The van der Waals surface area contributed by atoms with Crippen molar-refractivity contribution >= 4 is 16.9 Å². The molecule has 0 spiro atoms. The summed E-state index contributed by atoms with van der Waals surface area (Å²) in [4.78, 5) is 15.9. The molecule has 3 rings (SSSR count). The van der Waals surface area contributed by atoms with Crippen LogP contribution in [0.3, 0.4) is 0 Å². The molecular formula is C16H13NO3. The Morgan fingerprint density at radius 2 is 2.10 bits per heavy atom. The first kappa shape index (κ1) is 12.4. The van der Waals surface area contributed by atoms with Gasteiger partial charge >= 0.3 is 5.97 Å². The first-order valence-corrected chi connectivity index (χ1v) is 6.29. The van der Waals surface area contributed by atoms with E-state index in [0.717, 1.165) is 16.7 Å². The third kappa shape index (κ3) is 2.54. The molecule has 20 heavy (non-hydrogen) atoms. The smallest absolute Gasteiger partial charge is 0.340 e. The number of hydrogen-bond donors (Lipinski definition) is 0. The predicted molar refractivity (Wildman–Crippen MR) is 74.3 cm³/mol. The summed E-state index contributed by atoms with van der Waals surface area (Å²) in [5, 5.41) is 0.996. The zero-order chi connectivity index (χ0) is 13.9. The van der Waals surface area contributed by atoms with Gasteiger partial charge in [-0.15, -0.1) is 0 Å². The monoisotopic (exact) mass is 267 g/mol. The fraction of sp³-hybridized carbons (Fsp3) is 0.125. The van der Waals surface area contributed by atoms with E-state index in [2.05, 4.69) is 4.98 Å². The zero-order valence-electron chi connectivity index (χ0n) is 11.0. The molecule has 1 aromatic carbocycles. The quantitative estimate of drug-likeness (QED) is 0.681. The maximum atomic E-state index is 11.8. The van der Waals surface area contributed by atoms with E-state index in [4.69, 9.17) is 9.15 Å². The number of esters is 1. The Kier molecular flexibility index (Phi) is 3.21. The van der Waals surface area contributed by atoms with Crippen LogP contribution in [0, 0.1) is 6.92 Å². The van der Waals surface area contributed by atoms with E-state index in [9.17, 15) is 4.79 Å². The van der Waals surface area contributed by atoms with Gasteiger partial charge in [-0.25, -0.2) is 4.79 Å².